The van der Waals surface area contributed by atoms with Crippen LogP contribution in [0.2, 0.25) is 0 Å². The molecule has 4 fully saturated rings. The Hall–Kier alpha value is -1.44. The summed E-state index contributed by atoms with van der Waals surface area (Å²) < 4.78 is 27.7. The van der Waals surface area contributed by atoms with E-state index in [9.17, 15) is 23.4 Å². The predicted octanol–water partition coefficient (Wildman–Crippen LogP) is 5.84. The maximum Gasteiger partial charge on any atom is 0.264 e. The van der Waals surface area contributed by atoms with Crippen LogP contribution < -0.4 is 4.72 Å². The quantitative estimate of drug-likeness (QED) is 0.380. The van der Waals surface area contributed by atoms with Crippen molar-refractivity contribution in [3.63, 3.8) is 0 Å². The molecule has 6 nitrogen and oxygen atoms in total. The number of amides is 1. The Bertz CT molecular complexity index is 1200. The van der Waals surface area contributed by atoms with E-state index in [0.717, 1.165) is 56.9 Å². The molecule has 11 atom stereocenters. The number of nitrogens with one attached hydrogen (secondary N) is 1. The van der Waals surface area contributed by atoms with Crippen molar-refractivity contribution in [1.29, 1.82) is 0 Å². The summed E-state index contributed by atoms with van der Waals surface area (Å²) >= 11 is 0. The Labute approximate surface area is 241 Å². The number of aliphatic hydroxyl groups is 2. The first-order chi connectivity index (χ1) is 18.8. The lowest BCUT2D eigenvalue weighted by atomic mass is 9.41. The molecular weight excluding hydrogens is 522 g/mol. The minimum Gasteiger partial charge on any atom is -0.393 e. The topological polar surface area (TPSA) is 104 Å². The molecular formula is C33H51NO5S. The van der Waals surface area contributed by atoms with Crippen molar-refractivity contribution in [2.75, 3.05) is 0 Å². The third-order valence-corrected chi connectivity index (χ3v) is 13.9. The smallest absolute Gasteiger partial charge is 0.264 e. The summed E-state index contributed by atoms with van der Waals surface area (Å²) in [5.41, 5.74) is 1.15. The summed E-state index contributed by atoms with van der Waals surface area (Å²) in [6, 6.07) is 6.61. The van der Waals surface area contributed by atoms with Gasteiger partial charge in [-0.1, -0.05) is 46.2 Å². The first kappa shape index (κ1) is 30.0. The van der Waals surface area contributed by atoms with Gasteiger partial charge in [-0.05, 0) is 128 Å². The van der Waals surface area contributed by atoms with Crippen LogP contribution in [0.5, 0.6) is 0 Å². The van der Waals surface area contributed by atoms with Gasteiger partial charge in [0.15, 0.2) is 0 Å². The minimum atomic E-state index is -3.87. The predicted molar refractivity (Wildman–Crippen MR) is 157 cm³/mol. The Morgan fingerprint density at radius 2 is 1.75 bits per heavy atom. The Morgan fingerprint density at radius 1 is 1.05 bits per heavy atom. The van der Waals surface area contributed by atoms with Crippen LogP contribution in [0.25, 0.3) is 0 Å². The molecule has 0 aliphatic heterocycles. The number of benzene rings is 1. The highest BCUT2D eigenvalue weighted by molar-refractivity contribution is 7.90. The van der Waals surface area contributed by atoms with Crippen molar-refractivity contribution < 1.29 is 23.4 Å². The van der Waals surface area contributed by atoms with E-state index in [4.69, 9.17) is 0 Å². The Balaban J connectivity index is 1.27. The molecule has 0 bridgehead atoms. The van der Waals surface area contributed by atoms with Gasteiger partial charge in [0.1, 0.15) is 0 Å². The fraction of sp³-hybridized carbons (Fsp3) is 0.788. The van der Waals surface area contributed by atoms with Crippen molar-refractivity contribution in [3.8, 4) is 0 Å². The van der Waals surface area contributed by atoms with Crippen LogP contribution in [0.15, 0.2) is 29.2 Å². The van der Waals surface area contributed by atoms with Crippen LogP contribution in [0.1, 0.15) is 97.5 Å². The van der Waals surface area contributed by atoms with E-state index in [1.165, 1.54) is 6.07 Å². The van der Waals surface area contributed by atoms with E-state index in [2.05, 4.69) is 32.4 Å². The zero-order chi connectivity index (χ0) is 29.0. The van der Waals surface area contributed by atoms with E-state index in [-0.39, 0.29) is 40.3 Å². The second-order valence-corrected chi connectivity index (χ2v) is 16.2. The van der Waals surface area contributed by atoms with Gasteiger partial charge in [0, 0.05) is 6.42 Å². The first-order valence-corrected chi connectivity index (χ1v) is 17.3. The molecule has 1 aromatic rings. The zero-order valence-electron chi connectivity index (χ0n) is 25.1. The molecule has 0 saturated heterocycles. The highest BCUT2D eigenvalue weighted by Crippen LogP contribution is 2.69. The molecule has 4 aliphatic carbocycles. The SMILES string of the molecule is CC[C@H]1[C@@H](O)C2C3CC[C@H]([C@H](C)CCC(=O)NS(=O)(=O)c4cccc(C)c4)[C@@]3(C)CCC2[C@@]2(C)CC[C@@H](O)C[C@@H]12. The van der Waals surface area contributed by atoms with Crippen LogP contribution in [0, 0.1) is 59.2 Å². The molecule has 40 heavy (non-hydrogen) atoms. The molecule has 4 saturated carbocycles. The third-order valence-electron chi connectivity index (χ3n) is 12.5. The molecule has 1 amide bonds. The molecule has 5 rings (SSSR count). The van der Waals surface area contributed by atoms with E-state index in [0.29, 0.717) is 41.9 Å². The van der Waals surface area contributed by atoms with E-state index in [1.807, 2.05) is 13.0 Å². The van der Waals surface area contributed by atoms with E-state index in [1.54, 1.807) is 12.1 Å². The largest absolute Gasteiger partial charge is 0.393 e. The van der Waals surface area contributed by atoms with Crippen LogP contribution in [-0.4, -0.2) is 36.7 Å². The summed E-state index contributed by atoms with van der Waals surface area (Å²) in [7, 11) is -3.87. The van der Waals surface area contributed by atoms with Gasteiger partial charge in [-0.25, -0.2) is 13.1 Å². The fourth-order valence-electron chi connectivity index (χ4n) is 10.5. The summed E-state index contributed by atoms with van der Waals surface area (Å²) in [6.07, 6.45) is 8.56. The number of fused-ring (bicyclic) bond motifs is 5. The van der Waals surface area contributed by atoms with Gasteiger partial charge in [-0.3, -0.25) is 4.79 Å². The Kier molecular flexibility index (Phi) is 8.26. The average molecular weight is 574 g/mol. The number of hydrogen-bond donors (Lipinski definition) is 3. The standard InChI is InChI=1S/C33H51NO5S/c1-6-24-28-19-22(35)14-16-33(28,5)27-15-17-32(4)25(11-12-26(32)30(27)31(24)37)21(3)10-13-29(36)34-40(38,39)23-9-7-8-20(2)18-23/h7-9,18,21-22,24-28,30-31,35,37H,6,10-17,19H2,1-5H3,(H,34,36)/t21-,22-,24-,25-,26?,27?,28+,30?,31-,32-,33-/m1/s1. The van der Waals surface area contributed by atoms with Crippen LogP contribution in [-0.2, 0) is 14.8 Å². The van der Waals surface area contributed by atoms with Crippen molar-refractivity contribution in [2.24, 2.45) is 52.3 Å². The van der Waals surface area contributed by atoms with Gasteiger partial charge in [0.25, 0.3) is 10.0 Å². The van der Waals surface area contributed by atoms with Gasteiger partial charge in [-0.2, -0.15) is 0 Å². The number of aryl methyl sites for hydroxylation is 1. The third kappa shape index (κ3) is 5.06. The lowest BCUT2D eigenvalue weighted by molar-refractivity contribution is -0.203. The Morgan fingerprint density at radius 3 is 2.45 bits per heavy atom. The van der Waals surface area contributed by atoms with Crippen LogP contribution in [0.3, 0.4) is 0 Å². The normalized spacial score (nSPS) is 41.9. The lowest BCUT2D eigenvalue weighted by Gasteiger charge is -2.64. The van der Waals surface area contributed by atoms with Gasteiger partial charge in [-0.15, -0.1) is 0 Å². The van der Waals surface area contributed by atoms with Crippen molar-refractivity contribution in [1.82, 2.24) is 4.72 Å². The average Bonchev–Trinajstić information content (AvgIpc) is 3.25. The second-order valence-electron chi connectivity index (χ2n) is 14.5. The maximum atomic E-state index is 12.8. The lowest BCUT2D eigenvalue weighted by Crippen LogP contribution is -2.62. The molecule has 1 aromatic carbocycles. The number of aliphatic hydroxyl groups excluding tert-OH is 2. The summed E-state index contributed by atoms with van der Waals surface area (Å²) in [6.45, 7) is 11.2. The molecule has 0 aromatic heterocycles. The highest BCUT2D eigenvalue weighted by Gasteiger charge is 2.64. The number of hydrogen-bond acceptors (Lipinski definition) is 5. The summed E-state index contributed by atoms with van der Waals surface area (Å²) in [5.74, 6) is 2.26. The number of sulfonamides is 1. The van der Waals surface area contributed by atoms with Crippen LogP contribution in [0.4, 0.5) is 0 Å². The number of carbonyl (C=O) groups excluding carboxylic acids is 1. The van der Waals surface area contributed by atoms with Gasteiger partial charge in [0.05, 0.1) is 17.1 Å². The second kappa shape index (κ2) is 11.0. The fourth-order valence-corrected chi connectivity index (χ4v) is 11.7. The molecule has 3 unspecified atom stereocenters. The van der Waals surface area contributed by atoms with Gasteiger partial charge in [0.2, 0.25) is 5.91 Å². The molecule has 224 valence electrons. The van der Waals surface area contributed by atoms with E-state index >= 15 is 0 Å². The molecule has 0 spiro atoms. The van der Waals surface area contributed by atoms with Gasteiger partial charge >= 0.3 is 0 Å². The minimum absolute atomic E-state index is 0.122. The number of carbonyl (C=O) groups is 1. The zero-order valence-corrected chi connectivity index (χ0v) is 25.9. The summed E-state index contributed by atoms with van der Waals surface area (Å²) in [5, 5.41) is 22.4. The molecule has 7 heteroatoms. The molecule has 3 N–H and O–H groups in total. The molecule has 4 aliphatic rings. The molecule has 0 radical (unpaired) electrons. The molecule has 0 heterocycles. The first-order valence-electron chi connectivity index (χ1n) is 15.8. The van der Waals surface area contributed by atoms with Crippen LogP contribution >= 0.6 is 0 Å². The summed E-state index contributed by atoms with van der Waals surface area (Å²) in [4.78, 5) is 12.9. The van der Waals surface area contributed by atoms with Crippen molar-refractivity contribution in [3.05, 3.63) is 29.8 Å². The highest BCUT2D eigenvalue weighted by atomic mass is 32.2. The number of rotatable bonds is 7. The van der Waals surface area contributed by atoms with Crippen molar-refractivity contribution >= 4 is 15.9 Å². The monoisotopic (exact) mass is 573 g/mol. The van der Waals surface area contributed by atoms with Gasteiger partial charge < -0.3 is 10.2 Å². The maximum absolute atomic E-state index is 12.8. The van der Waals surface area contributed by atoms with E-state index < -0.39 is 15.9 Å². The van der Waals surface area contributed by atoms with Crippen molar-refractivity contribution in [2.45, 2.75) is 116 Å².